The Hall–Kier alpha value is -2.02. The zero-order valence-electron chi connectivity index (χ0n) is 12.2. The van der Waals surface area contributed by atoms with E-state index < -0.39 is 5.54 Å². The molecule has 1 aliphatic carbocycles. The number of nitrogens with zero attached hydrogens (tertiary/aromatic N) is 4. The first kappa shape index (κ1) is 13.9. The molecule has 2 aromatic heterocycles. The highest BCUT2D eigenvalue weighted by Gasteiger charge is 2.38. The van der Waals surface area contributed by atoms with Gasteiger partial charge in [0.05, 0.1) is 12.6 Å². The number of rotatable bonds is 3. The summed E-state index contributed by atoms with van der Waals surface area (Å²) in [5.41, 5.74) is 6.50. The van der Waals surface area contributed by atoms with Crippen molar-refractivity contribution in [1.82, 2.24) is 20.1 Å². The van der Waals surface area contributed by atoms with E-state index in [0.29, 0.717) is 29.2 Å². The van der Waals surface area contributed by atoms with Gasteiger partial charge in [-0.25, -0.2) is 9.97 Å². The van der Waals surface area contributed by atoms with Gasteiger partial charge in [0.15, 0.2) is 0 Å². The molecule has 2 atom stereocenters. The maximum atomic E-state index is 6.46. The molecule has 0 bridgehead atoms. The Kier molecular flexibility index (Phi) is 3.59. The van der Waals surface area contributed by atoms with Crippen molar-refractivity contribution in [2.45, 2.75) is 38.1 Å². The third-order valence-corrected chi connectivity index (χ3v) is 3.96. The van der Waals surface area contributed by atoms with Gasteiger partial charge in [-0.1, -0.05) is 24.9 Å². The summed E-state index contributed by atoms with van der Waals surface area (Å²) < 4.78 is 10.5. The lowest BCUT2D eigenvalue weighted by molar-refractivity contribution is 0.183. The third kappa shape index (κ3) is 2.73. The molecule has 3 rings (SSSR count). The van der Waals surface area contributed by atoms with E-state index >= 15 is 0 Å². The van der Waals surface area contributed by atoms with Crippen molar-refractivity contribution in [1.29, 1.82) is 0 Å². The number of hydrogen-bond donors (Lipinski definition) is 1. The molecule has 1 fully saturated rings. The molecule has 7 heteroatoms. The van der Waals surface area contributed by atoms with Gasteiger partial charge >= 0.3 is 0 Å². The van der Waals surface area contributed by atoms with Crippen molar-refractivity contribution in [2.75, 3.05) is 7.11 Å². The largest absolute Gasteiger partial charge is 0.481 e. The van der Waals surface area contributed by atoms with E-state index in [4.69, 9.17) is 15.0 Å². The normalized spacial score (nSPS) is 25.8. The van der Waals surface area contributed by atoms with Gasteiger partial charge in [-0.3, -0.25) is 0 Å². The summed E-state index contributed by atoms with van der Waals surface area (Å²) in [5.74, 6) is 1.92. The van der Waals surface area contributed by atoms with Crippen LogP contribution in [0.5, 0.6) is 5.88 Å². The van der Waals surface area contributed by atoms with Crippen LogP contribution >= 0.6 is 0 Å². The van der Waals surface area contributed by atoms with Crippen LogP contribution in [0.4, 0.5) is 0 Å². The molecule has 7 nitrogen and oxygen atoms in total. The van der Waals surface area contributed by atoms with Crippen LogP contribution in [-0.4, -0.2) is 27.2 Å². The highest BCUT2D eigenvalue weighted by atomic mass is 16.5. The maximum Gasteiger partial charge on any atom is 0.247 e. The number of aromatic nitrogens is 4. The first-order chi connectivity index (χ1) is 10.1. The summed E-state index contributed by atoms with van der Waals surface area (Å²) in [4.78, 5) is 12.5. The topological polar surface area (TPSA) is 100.0 Å². The molecule has 21 heavy (non-hydrogen) atoms. The highest BCUT2D eigenvalue weighted by molar-refractivity contribution is 5.49. The van der Waals surface area contributed by atoms with E-state index in [-0.39, 0.29) is 0 Å². The van der Waals surface area contributed by atoms with E-state index in [9.17, 15) is 0 Å². The second-order valence-corrected chi connectivity index (χ2v) is 5.73. The highest BCUT2D eigenvalue weighted by Crippen LogP contribution is 2.37. The predicted octanol–water partition coefficient (Wildman–Crippen LogP) is 1.90. The molecular formula is C14H19N5O2. The summed E-state index contributed by atoms with van der Waals surface area (Å²) >= 11 is 0. The zero-order chi connectivity index (χ0) is 14.9. The van der Waals surface area contributed by atoms with Gasteiger partial charge < -0.3 is 15.0 Å². The monoisotopic (exact) mass is 289 g/mol. The van der Waals surface area contributed by atoms with Gasteiger partial charge in [0.2, 0.25) is 17.6 Å². The Bertz CT molecular complexity index is 629. The standard InChI is InChI=1S/C14H19N5O2/c1-9-4-3-5-14(15,7-9)13-18-12(19-21-13)10-6-11(20-2)17-8-16-10/h6,8-9H,3-5,7,15H2,1-2H3. The minimum Gasteiger partial charge on any atom is -0.481 e. The molecule has 0 aliphatic heterocycles. The Morgan fingerprint density at radius 1 is 1.43 bits per heavy atom. The van der Waals surface area contributed by atoms with Crippen LogP contribution in [0.25, 0.3) is 11.5 Å². The number of ether oxygens (including phenoxy) is 1. The summed E-state index contributed by atoms with van der Waals surface area (Å²) in [6.45, 7) is 2.20. The van der Waals surface area contributed by atoms with Gasteiger partial charge in [-0.2, -0.15) is 4.98 Å². The van der Waals surface area contributed by atoms with Crippen molar-refractivity contribution in [3.05, 3.63) is 18.3 Å². The van der Waals surface area contributed by atoms with Crippen LogP contribution in [0.1, 0.15) is 38.5 Å². The van der Waals surface area contributed by atoms with Gasteiger partial charge in [0, 0.05) is 6.07 Å². The van der Waals surface area contributed by atoms with E-state index in [1.807, 2.05) is 0 Å². The van der Waals surface area contributed by atoms with Crippen molar-refractivity contribution in [3.8, 4) is 17.4 Å². The van der Waals surface area contributed by atoms with Crippen molar-refractivity contribution < 1.29 is 9.26 Å². The van der Waals surface area contributed by atoms with Crippen molar-refractivity contribution in [3.63, 3.8) is 0 Å². The molecule has 0 aromatic carbocycles. The van der Waals surface area contributed by atoms with E-state index in [1.54, 1.807) is 13.2 Å². The smallest absolute Gasteiger partial charge is 0.247 e. The van der Waals surface area contributed by atoms with Gasteiger partial charge in [0.25, 0.3) is 0 Å². The lowest BCUT2D eigenvalue weighted by Crippen LogP contribution is -2.41. The minimum atomic E-state index is -0.528. The van der Waals surface area contributed by atoms with Crippen LogP contribution < -0.4 is 10.5 Å². The fourth-order valence-electron chi connectivity index (χ4n) is 2.89. The van der Waals surface area contributed by atoms with Crippen LogP contribution in [0.15, 0.2) is 16.9 Å². The third-order valence-electron chi connectivity index (χ3n) is 3.96. The first-order valence-electron chi connectivity index (χ1n) is 7.10. The molecule has 2 unspecified atom stereocenters. The predicted molar refractivity (Wildman–Crippen MR) is 75.4 cm³/mol. The molecule has 0 spiro atoms. The molecule has 0 radical (unpaired) electrons. The number of nitrogens with two attached hydrogens (primary N) is 1. The number of methoxy groups -OCH3 is 1. The maximum absolute atomic E-state index is 6.46. The van der Waals surface area contributed by atoms with Gasteiger partial charge in [0.1, 0.15) is 12.0 Å². The summed E-state index contributed by atoms with van der Waals surface area (Å²) in [6, 6.07) is 1.67. The van der Waals surface area contributed by atoms with Crippen molar-refractivity contribution in [2.24, 2.45) is 11.7 Å². The Morgan fingerprint density at radius 2 is 2.29 bits per heavy atom. The lowest BCUT2D eigenvalue weighted by atomic mass is 9.77. The lowest BCUT2D eigenvalue weighted by Gasteiger charge is -2.33. The average molecular weight is 289 g/mol. The second kappa shape index (κ2) is 5.40. The second-order valence-electron chi connectivity index (χ2n) is 5.73. The van der Waals surface area contributed by atoms with E-state index in [2.05, 4.69) is 27.0 Å². The molecular weight excluding hydrogens is 270 g/mol. The fraction of sp³-hybridized carbons (Fsp3) is 0.571. The SMILES string of the molecule is COc1cc(-c2noc(C3(N)CCCC(C)C3)n2)ncn1. The van der Waals surface area contributed by atoms with Crippen LogP contribution in [0.3, 0.4) is 0 Å². The summed E-state index contributed by atoms with van der Waals surface area (Å²) in [6.07, 6.45) is 5.42. The molecule has 1 aliphatic rings. The molecule has 0 saturated heterocycles. The molecule has 2 N–H and O–H groups in total. The molecule has 112 valence electrons. The Balaban J connectivity index is 1.89. The summed E-state index contributed by atoms with van der Waals surface area (Å²) in [5, 5.41) is 4.00. The van der Waals surface area contributed by atoms with Crippen LogP contribution in [0, 0.1) is 5.92 Å². The Labute approximate surface area is 122 Å². The fourth-order valence-corrected chi connectivity index (χ4v) is 2.89. The van der Waals surface area contributed by atoms with E-state index in [1.165, 1.54) is 12.7 Å². The first-order valence-corrected chi connectivity index (χ1v) is 7.10. The minimum absolute atomic E-state index is 0.411. The average Bonchev–Trinajstić information content (AvgIpc) is 2.98. The quantitative estimate of drug-likeness (QED) is 0.920. The molecule has 2 aromatic rings. The van der Waals surface area contributed by atoms with Crippen LogP contribution in [0.2, 0.25) is 0 Å². The molecule has 2 heterocycles. The van der Waals surface area contributed by atoms with Crippen molar-refractivity contribution >= 4 is 0 Å². The number of hydrogen-bond acceptors (Lipinski definition) is 7. The van der Waals surface area contributed by atoms with Gasteiger partial charge in [-0.05, 0) is 18.8 Å². The van der Waals surface area contributed by atoms with Crippen LogP contribution in [-0.2, 0) is 5.54 Å². The molecule has 0 amide bonds. The zero-order valence-corrected chi connectivity index (χ0v) is 12.2. The molecule has 1 saturated carbocycles. The Morgan fingerprint density at radius 3 is 3.05 bits per heavy atom. The van der Waals surface area contributed by atoms with E-state index in [0.717, 1.165) is 19.3 Å². The summed E-state index contributed by atoms with van der Waals surface area (Å²) in [7, 11) is 1.55. The van der Waals surface area contributed by atoms with Gasteiger partial charge in [-0.15, -0.1) is 0 Å².